The fourth-order valence-electron chi connectivity index (χ4n) is 2.82. The van der Waals surface area contributed by atoms with Crippen LogP contribution < -0.4 is 5.32 Å². The smallest absolute Gasteiger partial charge is 0.0265 e. The van der Waals surface area contributed by atoms with Crippen molar-refractivity contribution in [3.05, 3.63) is 47.5 Å². The number of nitrogens with zero attached hydrogens (tertiary/aromatic N) is 1. The summed E-state index contributed by atoms with van der Waals surface area (Å²) in [5.74, 6) is 0.662. The number of nitrogens with one attached hydrogen (secondary N) is 1. The van der Waals surface area contributed by atoms with Crippen LogP contribution in [0.15, 0.2) is 41.9 Å². The minimum absolute atomic E-state index is 0.542. The van der Waals surface area contributed by atoms with Gasteiger partial charge in [-0.3, -0.25) is 4.90 Å². The van der Waals surface area contributed by atoms with Crippen LogP contribution in [0.3, 0.4) is 0 Å². The Hall–Kier alpha value is -0.830. The van der Waals surface area contributed by atoms with E-state index in [-0.39, 0.29) is 0 Å². The average molecular weight is 293 g/mol. The van der Waals surface area contributed by atoms with Crippen LogP contribution in [0, 0.1) is 5.92 Å². The van der Waals surface area contributed by atoms with Gasteiger partial charge in [0.25, 0.3) is 0 Å². The maximum absolute atomic E-state index is 5.70. The molecule has 110 valence electrons. The van der Waals surface area contributed by atoms with Crippen molar-refractivity contribution in [1.82, 2.24) is 10.2 Å². The normalized spacial score (nSPS) is 24.6. The highest BCUT2D eigenvalue weighted by atomic mass is 35.5. The van der Waals surface area contributed by atoms with Crippen LogP contribution in [0.2, 0.25) is 0 Å². The Labute approximate surface area is 127 Å². The average Bonchev–Trinajstić information content (AvgIpc) is 2.47. The lowest BCUT2D eigenvalue weighted by Crippen LogP contribution is -2.58. The summed E-state index contributed by atoms with van der Waals surface area (Å²) in [6.07, 6.45) is 3.14. The fraction of sp³-hybridized carbons (Fsp3) is 0.529. The molecule has 0 spiro atoms. The predicted molar refractivity (Wildman–Crippen MR) is 87.1 cm³/mol. The van der Waals surface area contributed by atoms with Gasteiger partial charge in [-0.1, -0.05) is 61.9 Å². The highest BCUT2D eigenvalue weighted by Crippen LogP contribution is 2.16. The summed E-state index contributed by atoms with van der Waals surface area (Å²) < 4.78 is 0. The molecule has 20 heavy (non-hydrogen) atoms. The number of rotatable bonds is 5. The van der Waals surface area contributed by atoms with E-state index in [0.717, 1.165) is 26.1 Å². The summed E-state index contributed by atoms with van der Waals surface area (Å²) in [7, 11) is 0. The molecular formula is C17H25ClN2. The summed E-state index contributed by atoms with van der Waals surface area (Å²) in [5.41, 5.74) is 3.04. The van der Waals surface area contributed by atoms with Crippen LogP contribution in [0.1, 0.15) is 19.4 Å². The number of halogens is 1. The molecule has 0 amide bonds. The Balaban J connectivity index is 2.02. The first-order chi connectivity index (χ1) is 9.70. The van der Waals surface area contributed by atoms with Gasteiger partial charge in [-0.15, -0.1) is 0 Å². The second-order valence-electron chi connectivity index (χ2n) is 5.92. The van der Waals surface area contributed by atoms with Crippen LogP contribution in [-0.2, 0) is 6.42 Å². The molecule has 2 nitrogen and oxygen atoms in total. The van der Waals surface area contributed by atoms with Crippen molar-refractivity contribution in [2.24, 2.45) is 5.92 Å². The largest absolute Gasteiger partial charge is 0.311 e. The molecular weight excluding hydrogens is 268 g/mol. The maximum atomic E-state index is 5.70. The van der Waals surface area contributed by atoms with Gasteiger partial charge in [0.05, 0.1) is 0 Å². The maximum Gasteiger partial charge on any atom is 0.0265 e. The lowest BCUT2D eigenvalue weighted by molar-refractivity contribution is 0.126. The molecule has 3 heteroatoms. The molecule has 0 aromatic heterocycles. The van der Waals surface area contributed by atoms with Crippen LogP contribution >= 0.6 is 11.6 Å². The molecule has 2 unspecified atom stereocenters. The molecule has 2 atom stereocenters. The minimum atomic E-state index is 0.542. The standard InChI is InChI=1S/C17H25ClN2/c1-14(2)17-13-20(10-6-9-18)16(12-19-17)11-15-7-4-3-5-8-15/h3-9,14,16-17,19H,10-13H2,1-2H3/b9-6+. The Bertz CT molecular complexity index is 416. The highest BCUT2D eigenvalue weighted by Gasteiger charge is 2.28. The Morgan fingerprint density at radius 3 is 2.75 bits per heavy atom. The van der Waals surface area contributed by atoms with Crippen molar-refractivity contribution in [2.45, 2.75) is 32.4 Å². The third-order valence-corrected chi connectivity index (χ3v) is 4.29. The zero-order chi connectivity index (χ0) is 14.4. The van der Waals surface area contributed by atoms with Gasteiger partial charge in [0.15, 0.2) is 0 Å². The van der Waals surface area contributed by atoms with E-state index in [1.165, 1.54) is 5.56 Å². The molecule has 2 rings (SSSR count). The first kappa shape index (κ1) is 15.6. The van der Waals surface area contributed by atoms with Gasteiger partial charge < -0.3 is 5.32 Å². The van der Waals surface area contributed by atoms with Gasteiger partial charge in [-0.25, -0.2) is 0 Å². The van der Waals surface area contributed by atoms with Gasteiger partial charge in [-0.05, 0) is 17.9 Å². The molecule has 0 saturated carbocycles. The number of hydrogen-bond donors (Lipinski definition) is 1. The molecule has 1 aliphatic heterocycles. The minimum Gasteiger partial charge on any atom is -0.311 e. The fourth-order valence-corrected chi connectivity index (χ4v) is 2.90. The van der Waals surface area contributed by atoms with Gasteiger partial charge in [0.1, 0.15) is 0 Å². The summed E-state index contributed by atoms with van der Waals surface area (Å²) >= 11 is 5.70. The van der Waals surface area contributed by atoms with E-state index in [0.29, 0.717) is 18.0 Å². The lowest BCUT2D eigenvalue weighted by Gasteiger charge is -2.41. The monoisotopic (exact) mass is 292 g/mol. The molecule has 0 radical (unpaired) electrons. The third-order valence-electron chi connectivity index (χ3n) is 4.11. The van der Waals surface area contributed by atoms with Gasteiger partial charge in [0.2, 0.25) is 0 Å². The molecule has 1 aromatic rings. The first-order valence-corrected chi connectivity index (χ1v) is 7.91. The summed E-state index contributed by atoms with van der Waals surface area (Å²) in [5, 5.41) is 3.70. The predicted octanol–water partition coefficient (Wildman–Crippen LogP) is 3.28. The molecule has 1 heterocycles. The van der Waals surface area contributed by atoms with Crippen LogP contribution in [-0.4, -0.2) is 36.6 Å². The van der Waals surface area contributed by atoms with Gasteiger partial charge in [-0.2, -0.15) is 0 Å². The zero-order valence-corrected chi connectivity index (χ0v) is 13.2. The summed E-state index contributed by atoms with van der Waals surface area (Å²) in [6, 6.07) is 11.8. The van der Waals surface area contributed by atoms with E-state index in [1.54, 1.807) is 5.54 Å². The van der Waals surface area contributed by atoms with Crippen molar-refractivity contribution in [3.63, 3.8) is 0 Å². The number of piperazine rings is 1. The van der Waals surface area contributed by atoms with Crippen molar-refractivity contribution in [2.75, 3.05) is 19.6 Å². The quantitative estimate of drug-likeness (QED) is 0.896. The van der Waals surface area contributed by atoms with E-state index < -0.39 is 0 Å². The van der Waals surface area contributed by atoms with Crippen molar-refractivity contribution in [3.8, 4) is 0 Å². The second kappa shape index (κ2) is 7.82. The molecule has 1 aliphatic rings. The van der Waals surface area contributed by atoms with Crippen LogP contribution in [0.5, 0.6) is 0 Å². The Morgan fingerprint density at radius 1 is 1.35 bits per heavy atom. The van der Waals surface area contributed by atoms with Crippen molar-refractivity contribution in [1.29, 1.82) is 0 Å². The van der Waals surface area contributed by atoms with Gasteiger partial charge in [0, 0.05) is 37.3 Å². The second-order valence-corrected chi connectivity index (χ2v) is 6.17. The van der Waals surface area contributed by atoms with Crippen LogP contribution in [0.4, 0.5) is 0 Å². The molecule has 0 bridgehead atoms. The lowest BCUT2D eigenvalue weighted by atomic mass is 9.96. The third kappa shape index (κ3) is 4.34. The van der Waals surface area contributed by atoms with E-state index in [1.807, 2.05) is 6.08 Å². The molecule has 1 fully saturated rings. The molecule has 1 saturated heterocycles. The van der Waals surface area contributed by atoms with E-state index in [9.17, 15) is 0 Å². The summed E-state index contributed by atoms with van der Waals surface area (Å²) in [4.78, 5) is 2.55. The van der Waals surface area contributed by atoms with Gasteiger partial charge >= 0.3 is 0 Å². The molecule has 1 aromatic carbocycles. The molecule has 1 N–H and O–H groups in total. The van der Waals surface area contributed by atoms with Crippen molar-refractivity contribution >= 4 is 11.6 Å². The topological polar surface area (TPSA) is 15.3 Å². The van der Waals surface area contributed by atoms with E-state index in [4.69, 9.17) is 11.6 Å². The number of benzene rings is 1. The number of hydrogen-bond acceptors (Lipinski definition) is 2. The van der Waals surface area contributed by atoms with E-state index in [2.05, 4.69) is 54.4 Å². The van der Waals surface area contributed by atoms with Crippen LogP contribution in [0.25, 0.3) is 0 Å². The highest BCUT2D eigenvalue weighted by molar-refractivity contribution is 6.25. The SMILES string of the molecule is CC(C)C1CN(C/C=C/Cl)C(Cc2ccccc2)CN1. The van der Waals surface area contributed by atoms with Crippen molar-refractivity contribution < 1.29 is 0 Å². The summed E-state index contributed by atoms with van der Waals surface area (Å²) in [6.45, 7) is 7.64. The Morgan fingerprint density at radius 2 is 2.10 bits per heavy atom. The Kier molecular flexibility index (Phi) is 6.08. The van der Waals surface area contributed by atoms with E-state index >= 15 is 0 Å². The first-order valence-electron chi connectivity index (χ1n) is 7.47. The zero-order valence-electron chi connectivity index (χ0n) is 12.4. The molecule has 0 aliphatic carbocycles.